The number of nitrogens with zero attached hydrogens (tertiary/aromatic N) is 2. The molecule has 3 atom stereocenters. The molecule has 0 bridgehead atoms. The molecule has 0 radical (unpaired) electrons. The molecule has 0 spiro atoms. The van der Waals surface area contributed by atoms with E-state index >= 15 is 0 Å². The van der Waals surface area contributed by atoms with Crippen LogP contribution in [0.15, 0.2) is 65.7 Å². The lowest BCUT2D eigenvalue weighted by atomic mass is 10.2. The van der Waals surface area contributed by atoms with E-state index in [1.54, 1.807) is 24.3 Å². The van der Waals surface area contributed by atoms with Crippen molar-refractivity contribution in [1.82, 2.24) is 9.55 Å². The van der Waals surface area contributed by atoms with E-state index in [0.29, 0.717) is 16.5 Å². The Morgan fingerprint density at radius 2 is 1.81 bits per heavy atom. The molecule has 1 fully saturated rings. The molecule has 7 nitrogen and oxygen atoms in total. The number of rotatable bonds is 5. The number of hydrogen-bond acceptors (Lipinski definition) is 4. The van der Waals surface area contributed by atoms with Gasteiger partial charge >= 0.3 is 0 Å². The molecule has 2 N–H and O–H groups in total. The second-order valence-corrected chi connectivity index (χ2v) is 8.78. The highest BCUT2D eigenvalue weighted by Gasteiger charge is 2.57. The van der Waals surface area contributed by atoms with Crippen molar-refractivity contribution in [3.05, 3.63) is 82.1 Å². The third kappa shape index (κ3) is 4.62. The third-order valence-corrected chi connectivity index (χ3v) is 6.60. The van der Waals surface area contributed by atoms with Crippen LogP contribution in [-0.4, -0.2) is 25.3 Å². The molecule has 1 aromatic carbocycles. The van der Waals surface area contributed by atoms with Crippen LogP contribution in [0.4, 0.5) is 15.9 Å². The highest BCUT2D eigenvalue weighted by molar-refractivity contribution is 14.1. The molecular weight excluding hydrogens is 538 g/mol. The zero-order valence-electron chi connectivity index (χ0n) is 15.8. The van der Waals surface area contributed by atoms with Crippen molar-refractivity contribution in [3.8, 4) is 5.69 Å². The summed E-state index contributed by atoms with van der Waals surface area (Å²) in [6, 6.07) is 11.9. The zero-order valence-corrected chi connectivity index (χ0v) is 18.7. The maximum absolute atomic E-state index is 14.6. The fourth-order valence-corrected chi connectivity index (χ4v) is 4.58. The van der Waals surface area contributed by atoms with Crippen LogP contribution in [0, 0.1) is 17.7 Å². The molecule has 10 heteroatoms. The summed E-state index contributed by atoms with van der Waals surface area (Å²) in [6.45, 7) is 0. The van der Waals surface area contributed by atoms with Crippen molar-refractivity contribution in [2.45, 2.75) is 3.92 Å². The number of amides is 2. The highest BCUT2D eigenvalue weighted by atomic mass is 127. The first-order chi connectivity index (χ1) is 14.8. The van der Waals surface area contributed by atoms with E-state index in [1.807, 2.05) is 22.6 Å². The smallest absolute Gasteiger partial charge is 0.255 e. The summed E-state index contributed by atoms with van der Waals surface area (Å²) >= 11 is 7.81. The Hall–Kier alpha value is -2.79. The van der Waals surface area contributed by atoms with Gasteiger partial charge in [-0.3, -0.25) is 19.0 Å². The first-order valence-electron chi connectivity index (χ1n) is 9.20. The van der Waals surface area contributed by atoms with E-state index in [4.69, 9.17) is 11.6 Å². The monoisotopic (exact) mass is 552 g/mol. The number of anilines is 2. The maximum Gasteiger partial charge on any atom is 0.255 e. The Morgan fingerprint density at radius 3 is 2.45 bits per heavy atom. The molecule has 0 aliphatic heterocycles. The zero-order chi connectivity index (χ0) is 22.1. The normalized spacial score (nSPS) is 19.5. The summed E-state index contributed by atoms with van der Waals surface area (Å²) in [5.74, 6) is -2.28. The van der Waals surface area contributed by atoms with E-state index in [1.165, 1.54) is 41.2 Å². The predicted octanol–water partition coefficient (Wildman–Crippen LogP) is 3.65. The number of carbonyl (C=O) groups is 2. The number of carbonyl (C=O) groups excluding carboxylic acids is 2. The van der Waals surface area contributed by atoms with Crippen molar-refractivity contribution in [2.75, 3.05) is 10.6 Å². The molecule has 3 aromatic rings. The fraction of sp³-hybridized carbons (Fsp3) is 0.143. The Kier molecular flexibility index (Phi) is 6.05. The van der Waals surface area contributed by atoms with E-state index in [0.717, 1.165) is 0 Å². The number of halogens is 3. The average Bonchev–Trinajstić information content (AvgIpc) is 3.43. The molecule has 2 heterocycles. The molecule has 2 aromatic heterocycles. The first-order valence-corrected chi connectivity index (χ1v) is 10.8. The number of benzene rings is 1. The number of nitrogens with one attached hydrogen (secondary N) is 2. The topological polar surface area (TPSA) is 93.1 Å². The first kappa shape index (κ1) is 21.4. The van der Waals surface area contributed by atoms with Crippen molar-refractivity contribution < 1.29 is 14.0 Å². The third-order valence-electron chi connectivity index (χ3n) is 4.83. The maximum atomic E-state index is 14.6. The van der Waals surface area contributed by atoms with Crippen molar-refractivity contribution >= 4 is 57.5 Å². The number of aromatic nitrogens is 2. The quantitative estimate of drug-likeness (QED) is 0.373. The van der Waals surface area contributed by atoms with E-state index in [2.05, 4.69) is 15.6 Å². The average molecular weight is 553 g/mol. The second-order valence-electron chi connectivity index (χ2n) is 6.91. The summed E-state index contributed by atoms with van der Waals surface area (Å²) in [6.07, 6.45) is 2.94. The van der Waals surface area contributed by atoms with Crippen LogP contribution in [0.5, 0.6) is 0 Å². The Morgan fingerprint density at radius 1 is 1.06 bits per heavy atom. The number of hydrogen-bond donors (Lipinski definition) is 2. The molecule has 1 aliphatic rings. The van der Waals surface area contributed by atoms with Crippen LogP contribution in [0.25, 0.3) is 5.69 Å². The molecule has 0 unspecified atom stereocenters. The van der Waals surface area contributed by atoms with Crippen LogP contribution in [-0.2, 0) is 9.59 Å². The van der Waals surface area contributed by atoms with Crippen LogP contribution < -0.4 is 16.2 Å². The molecule has 1 aliphatic carbocycles. The summed E-state index contributed by atoms with van der Waals surface area (Å²) in [7, 11) is 0. The van der Waals surface area contributed by atoms with Gasteiger partial charge in [0.25, 0.3) is 5.56 Å². The van der Waals surface area contributed by atoms with Gasteiger partial charge in [-0.15, -0.1) is 0 Å². The lowest BCUT2D eigenvalue weighted by Crippen LogP contribution is -2.21. The SMILES string of the molecule is O=C(Nc1ccc(-n2ccccc2=O)cc1F)[C@@H]1[C@H](I)[C@@H]1C(=O)Nc1ccc(Cl)cn1. The fourth-order valence-electron chi connectivity index (χ4n) is 3.16. The van der Waals surface area contributed by atoms with E-state index in [-0.39, 0.29) is 21.1 Å². The summed E-state index contributed by atoms with van der Waals surface area (Å²) in [4.78, 5) is 41.0. The van der Waals surface area contributed by atoms with Gasteiger partial charge in [-0.05, 0) is 30.3 Å². The van der Waals surface area contributed by atoms with Crippen molar-refractivity contribution in [3.63, 3.8) is 0 Å². The second kappa shape index (κ2) is 8.75. The van der Waals surface area contributed by atoms with Gasteiger partial charge < -0.3 is 10.6 Å². The van der Waals surface area contributed by atoms with Crippen LogP contribution >= 0.6 is 34.2 Å². The van der Waals surface area contributed by atoms with Gasteiger partial charge in [0.1, 0.15) is 11.6 Å². The molecule has 2 amide bonds. The Labute approximate surface area is 194 Å². The Bertz CT molecular complexity index is 1220. The van der Waals surface area contributed by atoms with Crippen LogP contribution in [0.2, 0.25) is 5.02 Å². The summed E-state index contributed by atoms with van der Waals surface area (Å²) in [5, 5.41) is 5.63. The van der Waals surface area contributed by atoms with Gasteiger partial charge in [-0.2, -0.15) is 0 Å². The Balaban J connectivity index is 1.42. The number of alkyl halides is 1. The van der Waals surface area contributed by atoms with Crippen molar-refractivity contribution in [1.29, 1.82) is 0 Å². The molecule has 158 valence electrons. The van der Waals surface area contributed by atoms with E-state index < -0.39 is 23.6 Å². The molecule has 0 saturated heterocycles. The molecule has 4 rings (SSSR count). The van der Waals surface area contributed by atoms with Gasteiger partial charge in [0.15, 0.2) is 0 Å². The largest absolute Gasteiger partial charge is 0.323 e. The van der Waals surface area contributed by atoms with Gasteiger partial charge in [0.2, 0.25) is 11.8 Å². The van der Waals surface area contributed by atoms with E-state index in [9.17, 15) is 18.8 Å². The molecule has 31 heavy (non-hydrogen) atoms. The minimum Gasteiger partial charge on any atom is -0.323 e. The van der Waals surface area contributed by atoms with Gasteiger partial charge in [-0.25, -0.2) is 9.37 Å². The standard InChI is InChI=1S/C21H15ClFIN4O3/c22-11-4-7-15(25-10-11)27-21(31)18-17(19(18)24)20(30)26-14-6-5-12(9-13(14)23)28-8-2-1-3-16(28)29/h1-10,17-19H,(H,26,30)(H,25,27,31)/t17-,18+,19-/m0/s1. The van der Waals surface area contributed by atoms with Gasteiger partial charge in [-0.1, -0.05) is 40.3 Å². The molecule has 1 saturated carbocycles. The highest BCUT2D eigenvalue weighted by Crippen LogP contribution is 2.47. The predicted molar refractivity (Wildman–Crippen MR) is 123 cm³/mol. The molecular formula is C21H15ClFIN4O3. The lowest BCUT2D eigenvalue weighted by molar-refractivity contribution is -0.122. The minimum atomic E-state index is -0.682. The van der Waals surface area contributed by atoms with Gasteiger partial charge in [0, 0.05) is 28.5 Å². The minimum absolute atomic E-state index is 0.0215. The summed E-state index contributed by atoms with van der Waals surface area (Å²) < 4.78 is 15.6. The van der Waals surface area contributed by atoms with Gasteiger partial charge in [0.05, 0.1) is 28.2 Å². The van der Waals surface area contributed by atoms with Crippen LogP contribution in [0.1, 0.15) is 0 Å². The van der Waals surface area contributed by atoms with Crippen molar-refractivity contribution in [2.24, 2.45) is 11.8 Å². The lowest BCUT2D eigenvalue weighted by Gasteiger charge is -2.10. The summed E-state index contributed by atoms with van der Waals surface area (Å²) in [5.41, 5.74) is 0.0206. The van der Waals surface area contributed by atoms with Crippen LogP contribution in [0.3, 0.4) is 0 Å². The number of pyridine rings is 2.